The quantitative estimate of drug-likeness (QED) is 0.367. The van der Waals surface area contributed by atoms with E-state index in [0.29, 0.717) is 27.7 Å². The lowest BCUT2D eigenvalue weighted by Gasteiger charge is -2.09. The topological polar surface area (TPSA) is 81.5 Å². The molecular weight excluding hydrogens is 386 g/mol. The smallest absolute Gasteiger partial charge is 0.142 e. The molecular formula is C23H20ClN3O2. The third-order valence-corrected chi connectivity index (χ3v) is 5.51. The first kappa shape index (κ1) is 19.0. The largest absolute Gasteiger partial charge is 0.507 e. The Morgan fingerprint density at radius 3 is 2.59 bits per heavy atom. The third kappa shape index (κ3) is 3.57. The lowest BCUT2D eigenvalue weighted by atomic mass is 10.0. The maximum Gasteiger partial charge on any atom is 0.142 e. The highest BCUT2D eigenvalue weighted by Crippen LogP contribution is 2.33. The number of fused-ring (bicyclic) bond motifs is 1. The number of halogens is 1. The number of hydrogen-bond donors (Lipinski definition) is 3. The molecule has 0 aliphatic rings. The van der Waals surface area contributed by atoms with Crippen LogP contribution in [0.4, 0.5) is 5.69 Å². The van der Waals surface area contributed by atoms with Crippen molar-refractivity contribution in [3.63, 3.8) is 0 Å². The minimum Gasteiger partial charge on any atom is -0.507 e. The van der Waals surface area contributed by atoms with Crippen LogP contribution in [0.15, 0.2) is 47.5 Å². The minimum absolute atomic E-state index is 0.108. The van der Waals surface area contributed by atoms with Gasteiger partial charge in [0.15, 0.2) is 0 Å². The molecule has 3 aromatic carbocycles. The van der Waals surface area contributed by atoms with Crippen LogP contribution in [0.1, 0.15) is 22.3 Å². The first-order valence-corrected chi connectivity index (χ1v) is 9.54. The van der Waals surface area contributed by atoms with E-state index in [4.69, 9.17) is 11.6 Å². The Morgan fingerprint density at radius 1 is 1.00 bits per heavy atom. The number of imidazole rings is 1. The number of H-pyrrole nitrogens is 1. The highest BCUT2D eigenvalue weighted by molar-refractivity contribution is 6.32. The Labute approximate surface area is 173 Å². The van der Waals surface area contributed by atoms with Crippen molar-refractivity contribution in [3.8, 4) is 22.9 Å². The van der Waals surface area contributed by atoms with Crippen molar-refractivity contribution in [3.05, 3.63) is 69.7 Å². The van der Waals surface area contributed by atoms with Gasteiger partial charge in [0.1, 0.15) is 17.3 Å². The first-order valence-electron chi connectivity index (χ1n) is 9.16. The lowest BCUT2D eigenvalue weighted by molar-refractivity contribution is 0.473. The van der Waals surface area contributed by atoms with E-state index in [2.05, 4.69) is 15.0 Å². The van der Waals surface area contributed by atoms with Crippen LogP contribution in [-0.4, -0.2) is 26.4 Å². The van der Waals surface area contributed by atoms with Crippen LogP contribution in [0.5, 0.6) is 11.5 Å². The number of benzene rings is 3. The maximum absolute atomic E-state index is 10.3. The Bertz CT molecular complexity index is 1280. The van der Waals surface area contributed by atoms with Crippen LogP contribution in [0.3, 0.4) is 0 Å². The summed E-state index contributed by atoms with van der Waals surface area (Å²) in [5, 5.41) is 21.2. The predicted molar refractivity (Wildman–Crippen MR) is 118 cm³/mol. The molecule has 0 spiro atoms. The number of phenols is 2. The van der Waals surface area contributed by atoms with E-state index in [1.165, 1.54) is 0 Å². The summed E-state index contributed by atoms with van der Waals surface area (Å²) in [6, 6.07) is 12.6. The zero-order valence-corrected chi connectivity index (χ0v) is 17.0. The van der Waals surface area contributed by atoms with Gasteiger partial charge in [0, 0.05) is 16.8 Å². The Balaban J connectivity index is 1.74. The van der Waals surface area contributed by atoms with Gasteiger partial charge in [-0.25, -0.2) is 4.98 Å². The van der Waals surface area contributed by atoms with Gasteiger partial charge in [0.25, 0.3) is 0 Å². The predicted octanol–water partition coefficient (Wildman–Crippen LogP) is 5.97. The van der Waals surface area contributed by atoms with Gasteiger partial charge in [-0.3, -0.25) is 4.99 Å². The van der Waals surface area contributed by atoms with Crippen LogP contribution in [0, 0.1) is 20.8 Å². The van der Waals surface area contributed by atoms with E-state index in [1.807, 2.05) is 39.0 Å². The van der Waals surface area contributed by atoms with Crippen LogP contribution in [0.2, 0.25) is 5.02 Å². The Hall–Kier alpha value is -3.31. The normalized spacial score (nSPS) is 11.6. The summed E-state index contributed by atoms with van der Waals surface area (Å²) >= 11 is 6.29. The molecule has 4 rings (SSSR count). The third-order valence-electron chi connectivity index (χ3n) is 4.92. The van der Waals surface area contributed by atoms with E-state index < -0.39 is 0 Å². The molecule has 0 fully saturated rings. The summed E-state index contributed by atoms with van der Waals surface area (Å²) in [5.41, 5.74) is 6.17. The number of rotatable bonds is 3. The molecule has 0 saturated carbocycles. The number of aromatic amines is 1. The standard InChI is InChI=1S/C23H20ClN3O2/c1-12-4-6-18-19(8-12)27-23(26-18)16-10-15(5-7-20(16)28)25-11-17-14(3)22(24)13(2)9-21(17)29/h4-11,28-29H,1-3H3,(H,26,27). The van der Waals surface area contributed by atoms with Crippen molar-refractivity contribution in [1.29, 1.82) is 0 Å². The molecule has 29 heavy (non-hydrogen) atoms. The van der Waals surface area contributed by atoms with Crippen LogP contribution < -0.4 is 0 Å². The minimum atomic E-state index is 0.108. The van der Waals surface area contributed by atoms with Crippen molar-refractivity contribution >= 4 is 34.5 Å². The van der Waals surface area contributed by atoms with Gasteiger partial charge in [-0.05, 0) is 73.9 Å². The number of aromatic hydroxyl groups is 2. The Morgan fingerprint density at radius 2 is 1.79 bits per heavy atom. The fourth-order valence-corrected chi connectivity index (χ4v) is 3.46. The summed E-state index contributed by atoms with van der Waals surface area (Å²) in [5.74, 6) is 0.800. The molecule has 0 aliphatic heterocycles. The molecule has 0 amide bonds. The molecule has 0 atom stereocenters. The number of nitrogens with one attached hydrogen (secondary N) is 1. The molecule has 3 N–H and O–H groups in total. The average molecular weight is 406 g/mol. The first-order chi connectivity index (χ1) is 13.8. The summed E-state index contributed by atoms with van der Waals surface area (Å²) in [6.07, 6.45) is 1.58. The lowest BCUT2D eigenvalue weighted by Crippen LogP contribution is -1.92. The molecule has 6 heteroatoms. The fourth-order valence-electron chi connectivity index (χ4n) is 3.30. The number of aromatic nitrogens is 2. The van der Waals surface area contributed by atoms with E-state index >= 15 is 0 Å². The molecule has 0 aliphatic carbocycles. The number of aliphatic imine (C=N–C) groups is 1. The molecule has 0 saturated heterocycles. The van der Waals surface area contributed by atoms with Crippen molar-refractivity contribution in [2.24, 2.45) is 4.99 Å². The summed E-state index contributed by atoms with van der Waals surface area (Å²) in [7, 11) is 0. The van der Waals surface area contributed by atoms with Gasteiger partial charge >= 0.3 is 0 Å². The van der Waals surface area contributed by atoms with Crippen molar-refractivity contribution in [2.75, 3.05) is 0 Å². The van der Waals surface area contributed by atoms with Gasteiger partial charge in [0.2, 0.25) is 0 Å². The van der Waals surface area contributed by atoms with E-state index in [9.17, 15) is 10.2 Å². The van der Waals surface area contributed by atoms with Gasteiger partial charge in [-0.1, -0.05) is 17.7 Å². The van der Waals surface area contributed by atoms with Crippen molar-refractivity contribution in [2.45, 2.75) is 20.8 Å². The number of nitrogens with zero attached hydrogens (tertiary/aromatic N) is 2. The van der Waals surface area contributed by atoms with E-state index in [-0.39, 0.29) is 11.5 Å². The van der Waals surface area contributed by atoms with E-state index in [0.717, 1.165) is 27.7 Å². The van der Waals surface area contributed by atoms with Gasteiger partial charge in [0.05, 0.1) is 22.3 Å². The average Bonchev–Trinajstić information content (AvgIpc) is 3.10. The molecule has 5 nitrogen and oxygen atoms in total. The second-order valence-electron chi connectivity index (χ2n) is 7.13. The number of hydrogen-bond acceptors (Lipinski definition) is 4. The van der Waals surface area contributed by atoms with Crippen LogP contribution in [0.25, 0.3) is 22.4 Å². The van der Waals surface area contributed by atoms with Gasteiger partial charge in [-0.15, -0.1) is 0 Å². The number of phenolic OH excluding ortho intramolecular Hbond substituents is 2. The molecule has 0 bridgehead atoms. The molecule has 0 radical (unpaired) electrons. The number of aryl methyl sites for hydroxylation is 2. The molecule has 0 unspecified atom stereocenters. The SMILES string of the molecule is Cc1ccc2nc(-c3cc(N=Cc4c(O)cc(C)c(Cl)c4C)ccc3O)[nH]c2c1. The summed E-state index contributed by atoms with van der Waals surface area (Å²) < 4.78 is 0. The second kappa shape index (κ2) is 7.26. The zero-order chi connectivity index (χ0) is 20.7. The summed E-state index contributed by atoms with van der Waals surface area (Å²) in [4.78, 5) is 12.3. The fraction of sp³-hybridized carbons (Fsp3) is 0.130. The second-order valence-corrected chi connectivity index (χ2v) is 7.51. The maximum atomic E-state index is 10.3. The van der Waals surface area contributed by atoms with Crippen LogP contribution in [-0.2, 0) is 0 Å². The zero-order valence-electron chi connectivity index (χ0n) is 16.3. The highest BCUT2D eigenvalue weighted by atomic mass is 35.5. The monoisotopic (exact) mass is 405 g/mol. The van der Waals surface area contributed by atoms with Gasteiger partial charge < -0.3 is 15.2 Å². The summed E-state index contributed by atoms with van der Waals surface area (Å²) in [6.45, 7) is 5.70. The Kier molecular flexibility index (Phi) is 4.76. The van der Waals surface area contributed by atoms with Crippen LogP contribution >= 0.6 is 11.6 Å². The molecule has 4 aromatic rings. The van der Waals surface area contributed by atoms with Crippen molar-refractivity contribution in [1.82, 2.24) is 9.97 Å². The van der Waals surface area contributed by atoms with Crippen molar-refractivity contribution < 1.29 is 10.2 Å². The molecule has 146 valence electrons. The van der Waals surface area contributed by atoms with E-state index in [1.54, 1.807) is 30.5 Å². The molecule has 1 aromatic heterocycles. The molecule has 1 heterocycles. The van der Waals surface area contributed by atoms with Gasteiger partial charge in [-0.2, -0.15) is 0 Å². The highest BCUT2D eigenvalue weighted by Gasteiger charge is 2.12.